The summed E-state index contributed by atoms with van der Waals surface area (Å²) in [6.45, 7) is 7.23. The number of aliphatic hydroxyl groups is 1. The van der Waals surface area contributed by atoms with Gasteiger partial charge in [0.15, 0.2) is 0 Å². The zero-order valence-corrected chi connectivity index (χ0v) is 12.0. The molecule has 1 aromatic rings. The van der Waals surface area contributed by atoms with E-state index in [2.05, 4.69) is 21.2 Å². The summed E-state index contributed by atoms with van der Waals surface area (Å²) >= 11 is 0. The molecule has 0 spiro atoms. The van der Waals surface area contributed by atoms with Crippen molar-refractivity contribution in [3.63, 3.8) is 0 Å². The van der Waals surface area contributed by atoms with E-state index in [1.807, 2.05) is 6.07 Å². The number of likely N-dealkylation sites (tertiary alicyclic amines) is 1. The van der Waals surface area contributed by atoms with Crippen molar-refractivity contribution in [2.45, 2.75) is 25.0 Å². The first kappa shape index (κ1) is 14.1. The molecule has 0 amide bonds. The van der Waals surface area contributed by atoms with Gasteiger partial charge in [0.2, 0.25) is 0 Å². The second-order valence-corrected chi connectivity index (χ2v) is 5.85. The fourth-order valence-corrected chi connectivity index (χ4v) is 3.21. The number of piperazine rings is 1. The van der Waals surface area contributed by atoms with E-state index in [1.54, 1.807) is 6.26 Å². The first-order valence-electron chi connectivity index (χ1n) is 7.71. The van der Waals surface area contributed by atoms with Crippen molar-refractivity contribution in [2.75, 3.05) is 45.8 Å². The minimum atomic E-state index is -0.104. The van der Waals surface area contributed by atoms with E-state index in [1.165, 1.54) is 0 Å². The van der Waals surface area contributed by atoms with E-state index in [-0.39, 0.29) is 6.10 Å². The minimum absolute atomic E-state index is 0.104. The van der Waals surface area contributed by atoms with Crippen LogP contribution in [0.3, 0.4) is 0 Å². The normalized spacial score (nSPS) is 24.9. The van der Waals surface area contributed by atoms with Gasteiger partial charge in [-0.25, -0.2) is 0 Å². The average Bonchev–Trinajstić information content (AvgIpc) is 3.01. The largest absolute Gasteiger partial charge is 0.468 e. The van der Waals surface area contributed by atoms with Gasteiger partial charge in [-0.3, -0.25) is 4.90 Å². The zero-order chi connectivity index (χ0) is 13.8. The molecule has 112 valence electrons. The molecule has 0 bridgehead atoms. The van der Waals surface area contributed by atoms with E-state index in [0.717, 1.165) is 64.4 Å². The molecule has 2 saturated heterocycles. The Morgan fingerprint density at radius 1 is 1.25 bits per heavy atom. The van der Waals surface area contributed by atoms with Gasteiger partial charge in [-0.05, 0) is 25.0 Å². The van der Waals surface area contributed by atoms with Gasteiger partial charge in [0.25, 0.3) is 0 Å². The summed E-state index contributed by atoms with van der Waals surface area (Å²) in [5, 5.41) is 13.0. The van der Waals surface area contributed by atoms with Crippen LogP contribution in [0.2, 0.25) is 0 Å². The summed E-state index contributed by atoms with van der Waals surface area (Å²) in [5.74, 6) is 1.07. The highest BCUT2D eigenvalue weighted by molar-refractivity contribution is 5.06. The Balaban J connectivity index is 1.65. The molecule has 20 heavy (non-hydrogen) atoms. The SMILES string of the molecule is OC1CCN(CC(c2ccco2)N2CCNCC2)CC1. The van der Waals surface area contributed by atoms with Crippen LogP contribution in [0, 0.1) is 0 Å². The van der Waals surface area contributed by atoms with Crippen molar-refractivity contribution in [2.24, 2.45) is 0 Å². The lowest BCUT2D eigenvalue weighted by Crippen LogP contribution is -2.49. The summed E-state index contributed by atoms with van der Waals surface area (Å²) in [6, 6.07) is 4.40. The van der Waals surface area contributed by atoms with E-state index in [0.29, 0.717) is 6.04 Å². The Kier molecular flexibility index (Phi) is 4.73. The second-order valence-electron chi connectivity index (χ2n) is 5.85. The number of nitrogens with zero attached hydrogens (tertiary/aromatic N) is 2. The zero-order valence-electron chi connectivity index (χ0n) is 12.0. The summed E-state index contributed by atoms with van der Waals surface area (Å²) in [7, 11) is 0. The maximum absolute atomic E-state index is 9.63. The number of furan rings is 1. The predicted molar refractivity (Wildman–Crippen MR) is 77.6 cm³/mol. The first-order valence-corrected chi connectivity index (χ1v) is 7.71. The number of hydrogen-bond acceptors (Lipinski definition) is 5. The van der Waals surface area contributed by atoms with Gasteiger partial charge in [-0.2, -0.15) is 0 Å². The van der Waals surface area contributed by atoms with Crippen molar-refractivity contribution in [1.29, 1.82) is 0 Å². The number of hydrogen-bond donors (Lipinski definition) is 2. The van der Waals surface area contributed by atoms with E-state index in [9.17, 15) is 5.11 Å². The van der Waals surface area contributed by atoms with Crippen molar-refractivity contribution in [1.82, 2.24) is 15.1 Å². The number of nitrogens with one attached hydrogen (secondary N) is 1. The van der Waals surface area contributed by atoms with Crippen LogP contribution in [-0.2, 0) is 0 Å². The van der Waals surface area contributed by atoms with Gasteiger partial charge in [0, 0.05) is 45.8 Å². The van der Waals surface area contributed by atoms with Gasteiger partial charge in [0.05, 0.1) is 18.4 Å². The van der Waals surface area contributed by atoms with Crippen molar-refractivity contribution in [3.05, 3.63) is 24.2 Å². The van der Waals surface area contributed by atoms with Crippen LogP contribution in [0.4, 0.5) is 0 Å². The number of aliphatic hydroxyl groups excluding tert-OH is 1. The molecule has 0 saturated carbocycles. The lowest BCUT2D eigenvalue weighted by atomic mass is 10.1. The van der Waals surface area contributed by atoms with Gasteiger partial charge in [0.1, 0.15) is 5.76 Å². The fourth-order valence-electron chi connectivity index (χ4n) is 3.21. The molecule has 0 aromatic carbocycles. The summed E-state index contributed by atoms with van der Waals surface area (Å²) in [6.07, 6.45) is 3.45. The summed E-state index contributed by atoms with van der Waals surface area (Å²) < 4.78 is 5.67. The smallest absolute Gasteiger partial charge is 0.122 e. The molecule has 2 aliphatic heterocycles. The van der Waals surface area contributed by atoms with E-state index < -0.39 is 0 Å². The van der Waals surface area contributed by atoms with Crippen LogP contribution < -0.4 is 5.32 Å². The van der Waals surface area contributed by atoms with E-state index >= 15 is 0 Å². The third-order valence-electron chi connectivity index (χ3n) is 4.45. The monoisotopic (exact) mass is 279 g/mol. The number of piperidine rings is 1. The third-order valence-corrected chi connectivity index (χ3v) is 4.45. The highest BCUT2D eigenvalue weighted by Gasteiger charge is 2.28. The Morgan fingerprint density at radius 2 is 2.00 bits per heavy atom. The summed E-state index contributed by atoms with van der Waals surface area (Å²) in [4.78, 5) is 4.97. The Bertz CT molecular complexity index is 382. The highest BCUT2D eigenvalue weighted by Crippen LogP contribution is 2.24. The molecule has 1 unspecified atom stereocenters. The van der Waals surface area contributed by atoms with E-state index in [4.69, 9.17) is 4.42 Å². The van der Waals surface area contributed by atoms with Gasteiger partial charge >= 0.3 is 0 Å². The van der Waals surface area contributed by atoms with Crippen molar-refractivity contribution in [3.8, 4) is 0 Å². The van der Waals surface area contributed by atoms with Crippen molar-refractivity contribution >= 4 is 0 Å². The molecule has 1 aromatic heterocycles. The Labute approximate surface area is 120 Å². The Morgan fingerprint density at radius 3 is 2.65 bits per heavy atom. The molecule has 2 fully saturated rings. The molecular formula is C15H25N3O2. The maximum atomic E-state index is 9.63. The topological polar surface area (TPSA) is 51.9 Å². The van der Waals surface area contributed by atoms with Crippen molar-refractivity contribution < 1.29 is 9.52 Å². The number of rotatable bonds is 4. The molecule has 5 nitrogen and oxygen atoms in total. The van der Waals surface area contributed by atoms with Crippen LogP contribution in [-0.4, -0.2) is 66.8 Å². The molecule has 2 aliphatic rings. The fraction of sp³-hybridized carbons (Fsp3) is 0.733. The van der Waals surface area contributed by atoms with Crippen LogP contribution >= 0.6 is 0 Å². The molecule has 2 N–H and O–H groups in total. The lowest BCUT2D eigenvalue weighted by Gasteiger charge is -2.38. The molecule has 3 heterocycles. The Hall–Kier alpha value is -0.880. The van der Waals surface area contributed by atoms with Crippen LogP contribution in [0.1, 0.15) is 24.6 Å². The average molecular weight is 279 g/mol. The lowest BCUT2D eigenvalue weighted by molar-refractivity contribution is 0.0541. The maximum Gasteiger partial charge on any atom is 0.122 e. The first-order chi connectivity index (χ1) is 9.83. The van der Waals surface area contributed by atoms with Crippen LogP contribution in [0.5, 0.6) is 0 Å². The standard InChI is InChI=1S/C15H25N3O2/c19-13-3-7-17(8-4-13)12-14(15-2-1-11-20-15)18-9-5-16-6-10-18/h1-2,11,13-14,16,19H,3-10,12H2. The molecule has 0 aliphatic carbocycles. The van der Waals surface area contributed by atoms with Gasteiger partial charge in [-0.15, -0.1) is 0 Å². The van der Waals surface area contributed by atoms with Gasteiger partial charge in [-0.1, -0.05) is 0 Å². The quantitative estimate of drug-likeness (QED) is 0.849. The second kappa shape index (κ2) is 6.72. The molecular weight excluding hydrogens is 254 g/mol. The summed E-state index contributed by atoms with van der Waals surface area (Å²) in [5.41, 5.74) is 0. The third kappa shape index (κ3) is 3.41. The van der Waals surface area contributed by atoms with Crippen LogP contribution in [0.15, 0.2) is 22.8 Å². The van der Waals surface area contributed by atoms with Crippen LogP contribution in [0.25, 0.3) is 0 Å². The molecule has 5 heteroatoms. The molecule has 1 atom stereocenters. The molecule has 3 rings (SSSR count). The minimum Gasteiger partial charge on any atom is -0.468 e. The molecule has 0 radical (unpaired) electrons. The highest BCUT2D eigenvalue weighted by atomic mass is 16.3. The van der Waals surface area contributed by atoms with Gasteiger partial charge < -0.3 is 19.7 Å². The predicted octanol–water partition coefficient (Wildman–Crippen LogP) is 0.683.